The lowest BCUT2D eigenvalue weighted by Crippen LogP contribution is -2.13. The van der Waals surface area contributed by atoms with E-state index < -0.39 is 10.0 Å². The van der Waals surface area contributed by atoms with Crippen LogP contribution in [0, 0.1) is 11.3 Å². The molecular weight excluding hydrogens is 352 g/mol. The number of halogens is 1. The Morgan fingerprint density at radius 2 is 1.76 bits per heavy atom. The largest absolute Gasteiger partial charge is 0.278 e. The second kappa shape index (κ2) is 6.74. The van der Waals surface area contributed by atoms with Gasteiger partial charge in [-0.25, -0.2) is 8.42 Å². The van der Waals surface area contributed by atoms with Gasteiger partial charge in [0, 0.05) is 5.33 Å². The molecule has 0 saturated heterocycles. The van der Waals surface area contributed by atoms with Crippen molar-refractivity contribution in [3.8, 4) is 6.07 Å². The summed E-state index contributed by atoms with van der Waals surface area (Å²) >= 11 is 3.34. The van der Waals surface area contributed by atoms with Crippen molar-refractivity contribution < 1.29 is 8.42 Å². The van der Waals surface area contributed by atoms with Crippen LogP contribution in [-0.4, -0.2) is 13.7 Å². The molecule has 0 bridgehead atoms. The van der Waals surface area contributed by atoms with Crippen molar-refractivity contribution in [3.63, 3.8) is 0 Å². The Balaban J connectivity index is 2.28. The highest BCUT2D eigenvalue weighted by molar-refractivity contribution is 9.09. The first kappa shape index (κ1) is 15.5. The highest BCUT2D eigenvalue weighted by Gasteiger charge is 2.15. The third-order valence-corrected chi connectivity index (χ3v) is 4.69. The number of hydrogen-bond donors (Lipinski definition) is 1. The number of aryl methyl sites for hydroxylation is 1. The van der Waals surface area contributed by atoms with Gasteiger partial charge in [-0.05, 0) is 36.2 Å². The molecule has 0 spiro atoms. The van der Waals surface area contributed by atoms with Crippen LogP contribution in [0.4, 0.5) is 5.69 Å². The maximum atomic E-state index is 12.3. The molecule has 2 aromatic carbocycles. The number of alkyl halides is 1. The maximum Gasteiger partial charge on any atom is 0.261 e. The first-order valence-electron chi connectivity index (χ1n) is 6.23. The second-order valence-corrected chi connectivity index (χ2v) is 6.82. The van der Waals surface area contributed by atoms with E-state index in [4.69, 9.17) is 5.26 Å². The van der Waals surface area contributed by atoms with E-state index in [-0.39, 0.29) is 16.1 Å². The van der Waals surface area contributed by atoms with Gasteiger partial charge < -0.3 is 0 Å². The topological polar surface area (TPSA) is 70.0 Å². The molecule has 2 rings (SSSR count). The molecule has 0 aromatic heterocycles. The summed E-state index contributed by atoms with van der Waals surface area (Å²) in [6.45, 7) is 0. The average molecular weight is 365 g/mol. The van der Waals surface area contributed by atoms with Crippen molar-refractivity contribution in [1.82, 2.24) is 0 Å². The number of rotatable bonds is 5. The first-order chi connectivity index (χ1) is 10.1. The molecule has 0 saturated carbocycles. The van der Waals surface area contributed by atoms with Crippen molar-refractivity contribution in [2.45, 2.75) is 11.3 Å². The van der Waals surface area contributed by atoms with Crippen LogP contribution in [0.25, 0.3) is 0 Å². The lowest BCUT2D eigenvalue weighted by Gasteiger charge is -2.09. The molecule has 0 aliphatic carbocycles. The van der Waals surface area contributed by atoms with Crippen LogP contribution < -0.4 is 4.72 Å². The molecule has 108 valence electrons. The number of para-hydroxylation sites is 1. The summed E-state index contributed by atoms with van der Waals surface area (Å²) in [5.41, 5.74) is 1.63. The number of hydrogen-bond acceptors (Lipinski definition) is 3. The Kier molecular flexibility index (Phi) is 4.99. The molecule has 1 N–H and O–H groups in total. The van der Waals surface area contributed by atoms with Crippen LogP contribution in [0.2, 0.25) is 0 Å². The molecule has 0 aliphatic rings. The number of anilines is 1. The molecule has 6 heteroatoms. The fraction of sp³-hybridized carbons (Fsp3) is 0.133. The van der Waals surface area contributed by atoms with Gasteiger partial charge in [-0.2, -0.15) is 5.26 Å². The third kappa shape index (κ3) is 3.84. The van der Waals surface area contributed by atoms with Crippen LogP contribution >= 0.6 is 15.9 Å². The van der Waals surface area contributed by atoms with E-state index in [1.165, 1.54) is 0 Å². The molecule has 0 heterocycles. The standard InChI is InChI=1S/C15H13BrN2O2S/c16-10-9-12-5-7-14(8-6-12)21(19,20)18-15-4-2-1-3-13(15)11-17/h1-8,18H,9-10H2. The Labute approximate surface area is 132 Å². The molecule has 4 nitrogen and oxygen atoms in total. The van der Waals surface area contributed by atoms with Gasteiger partial charge in [-0.15, -0.1) is 0 Å². The fourth-order valence-corrected chi connectivity index (χ4v) is 3.36. The van der Waals surface area contributed by atoms with E-state index in [0.29, 0.717) is 0 Å². The minimum absolute atomic E-state index is 0.175. The van der Waals surface area contributed by atoms with E-state index >= 15 is 0 Å². The van der Waals surface area contributed by atoms with Crippen LogP contribution in [0.15, 0.2) is 53.4 Å². The molecule has 21 heavy (non-hydrogen) atoms. The zero-order chi connectivity index (χ0) is 15.3. The van der Waals surface area contributed by atoms with Gasteiger partial charge in [-0.1, -0.05) is 40.2 Å². The average Bonchev–Trinajstić information content (AvgIpc) is 2.48. The molecule has 0 atom stereocenters. The smallest absolute Gasteiger partial charge is 0.261 e. The molecule has 2 aromatic rings. The van der Waals surface area contributed by atoms with Crippen LogP contribution in [0.3, 0.4) is 0 Å². The Hall–Kier alpha value is -1.84. The summed E-state index contributed by atoms with van der Waals surface area (Å²) in [6, 6.07) is 15.2. The van der Waals surface area contributed by atoms with Crippen LogP contribution in [-0.2, 0) is 16.4 Å². The van der Waals surface area contributed by atoms with Crippen molar-refractivity contribution in [1.29, 1.82) is 5.26 Å². The van der Waals surface area contributed by atoms with Gasteiger partial charge in [0.1, 0.15) is 6.07 Å². The van der Waals surface area contributed by atoms with Gasteiger partial charge in [0.05, 0.1) is 16.1 Å². The third-order valence-electron chi connectivity index (χ3n) is 2.91. The van der Waals surface area contributed by atoms with Crippen LogP contribution in [0.1, 0.15) is 11.1 Å². The zero-order valence-electron chi connectivity index (χ0n) is 11.1. The molecule has 0 fully saturated rings. The molecular formula is C15H13BrN2O2S. The minimum Gasteiger partial charge on any atom is -0.278 e. The van der Waals surface area contributed by atoms with Gasteiger partial charge in [0.2, 0.25) is 0 Å². The normalized spacial score (nSPS) is 10.9. The fourth-order valence-electron chi connectivity index (χ4n) is 1.82. The van der Waals surface area contributed by atoms with Gasteiger partial charge in [0.25, 0.3) is 10.0 Å². The lowest BCUT2D eigenvalue weighted by molar-refractivity contribution is 0.601. The second-order valence-electron chi connectivity index (χ2n) is 4.35. The SMILES string of the molecule is N#Cc1ccccc1NS(=O)(=O)c1ccc(CCBr)cc1. The highest BCUT2D eigenvalue weighted by atomic mass is 79.9. The summed E-state index contributed by atoms with van der Waals surface area (Å²) in [6.07, 6.45) is 0.838. The van der Waals surface area contributed by atoms with Crippen LogP contribution in [0.5, 0.6) is 0 Å². The van der Waals surface area contributed by atoms with Crippen molar-refractivity contribution >= 4 is 31.6 Å². The lowest BCUT2D eigenvalue weighted by atomic mass is 10.2. The minimum atomic E-state index is -3.69. The Bertz CT molecular complexity index is 765. The highest BCUT2D eigenvalue weighted by Crippen LogP contribution is 2.20. The van der Waals surface area contributed by atoms with E-state index in [0.717, 1.165) is 17.3 Å². The Morgan fingerprint density at radius 3 is 2.38 bits per heavy atom. The van der Waals surface area contributed by atoms with E-state index in [1.54, 1.807) is 48.5 Å². The van der Waals surface area contributed by atoms with Gasteiger partial charge in [-0.3, -0.25) is 4.72 Å². The van der Waals surface area contributed by atoms with Crippen molar-refractivity contribution in [2.75, 3.05) is 10.1 Å². The Morgan fingerprint density at radius 1 is 1.10 bits per heavy atom. The monoisotopic (exact) mass is 364 g/mol. The predicted molar refractivity (Wildman–Crippen MR) is 85.9 cm³/mol. The first-order valence-corrected chi connectivity index (χ1v) is 8.84. The summed E-state index contributed by atoms with van der Waals surface area (Å²) in [4.78, 5) is 0.175. The van der Waals surface area contributed by atoms with Crippen molar-refractivity contribution in [3.05, 3.63) is 59.7 Å². The van der Waals surface area contributed by atoms with E-state index in [2.05, 4.69) is 20.7 Å². The number of benzene rings is 2. The van der Waals surface area contributed by atoms with Gasteiger partial charge >= 0.3 is 0 Å². The summed E-state index contributed by atoms with van der Waals surface area (Å²) < 4.78 is 27.1. The molecule has 0 amide bonds. The number of nitrogens with one attached hydrogen (secondary N) is 1. The number of nitriles is 1. The maximum absolute atomic E-state index is 12.3. The predicted octanol–water partition coefficient (Wildman–Crippen LogP) is 3.30. The quantitative estimate of drug-likeness (QED) is 0.827. The summed E-state index contributed by atoms with van der Waals surface area (Å²) in [5, 5.41) is 9.82. The van der Waals surface area contributed by atoms with E-state index in [9.17, 15) is 8.42 Å². The summed E-state index contributed by atoms with van der Waals surface area (Å²) in [5.74, 6) is 0. The summed E-state index contributed by atoms with van der Waals surface area (Å²) in [7, 11) is -3.69. The zero-order valence-corrected chi connectivity index (χ0v) is 13.5. The van der Waals surface area contributed by atoms with E-state index in [1.807, 2.05) is 6.07 Å². The molecule has 0 radical (unpaired) electrons. The van der Waals surface area contributed by atoms with Gasteiger partial charge in [0.15, 0.2) is 0 Å². The molecule has 0 aliphatic heterocycles. The molecule has 0 unspecified atom stereocenters. The number of sulfonamides is 1. The van der Waals surface area contributed by atoms with Crippen molar-refractivity contribution in [2.24, 2.45) is 0 Å². The number of nitrogens with zero attached hydrogens (tertiary/aromatic N) is 1.